The van der Waals surface area contributed by atoms with E-state index >= 15 is 0 Å². The largest absolute Gasteiger partial charge is 0.493 e. The lowest BCUT2D eigenvalue weighted by Crippen LogP contribution is -2.48. The third-order valence-corrected chi connectivity index (χ3v) is 7.99. The fourth-order valence-electron chi connectivity index (χ4n) is 5.31. The highest BCUT2D eigenvalue weighted by Gasteiger charge is 2.33. The van der Waals surface area contributed by atoms with Crippen LogP contribution in [-0.2, 0) is 0 Å². The second kappa shape index (κ2) is 12.9. The summed E-state index contributed by atoms with van der Waals surface area (Å²) >= 11 is 12.9. The molecule has 2 amide bonds. The topological polar surface area (TPSA) is 130 Å². The van der Waals surface area contributed by atoms with Gasteiger partial charge in [-0.2, -0.15) is 0 Å². The van der Waals surface area contributed by atoms with Crippen LogP contribution >= 0.6 is 23.2 Å². The number of carbonyl (C=O) groups is 2. The average molecular weight is 601 g/mol. The normalized spacial score (nSPS) is 16.0. The van der Waals surface area contributed by atoms with Crippen LogP contribution in [0.5, 0.6) is 11.5 Å². The average Bonchev–Trinajstić information content (AvgIpc) is 3.50. The van der Waals surface area contributed by atoms with E-state index in [-0.39, 0.29) is 39.2 Å². The molecule has 1 aliphatic heterocycles. The first kappa shape index (κ1) is 28.8. The van der Waals surface area contributed by atoms with Gasteiger partial charge in [0.25, 0.3) is 11.8 Å². The molecule has 2 fully saturated rings. The second-order valence-electron chi connectivity index (χ2n) is 9.94. The van der Waals surface area contributed by atoms with Gasteiger partial charge in [0, 0.05) is 55.7 Å². The van der Waals surface area contributed by atoms with Crippen LogP contribution in [0, 0.1) is 0 Å². The van der Waals surface area contributed by atoms with Gasteiger partial charge in [0.05, 0.1) is 34.4 Å². The van der Waals surface area contributed by atoms with Crippen molar-refractivity contribution >= 4 is 46.7 Å². The van der Waals surface area contributed by atoms with Gasteiger partial charge in [-0.25, -0.2) is 15.4 Å². The molecule has 5 rings (SSSR count). The zero-order chi connectivity index (χ0) is 28.9. The first-order valence-corrected chi connectivity index (χ1v) is 14.1. The Morgan fingerprint density at radius 2 is 1.66 bits per heavy atom. The highest BCUT2D eigenvalue weighted by molar-refractivity contribution is 6.40. The number of nitrogens with zero attached hydrogens (tertiary/aromatic N) is 5. The molecule has 2 aromatic heterocycles. The zero-order valence-electron chi connectivity index (χ0n) is 22.4. The molecule has 0 atom stereocenters. The van der Waals surface area contributed by atoms with Gasteiger partial charge in [-0.1, -0.05) is 23.2 Å². The molecule has 0 radical (unpaired) electrons. The van der Waals surface area contributed by atoms with Gasteiger partial charge in [0.1, 0.15) is 0 Å². The van der Waals surface area contributed by atoms with Crippen molar-refractivity contribution in [3.63, 3.8) is 0 Å². The molecule has 216 valence electrons. The maximum Gasteiger partial charge on any atom is 0.277 e. The SMILES string of the molecule is COc1ccc(N(C(=O)c2c(Cl)cncc2Cl)C2CCN(c3ncc(C(=O)NO)cn3)CC2)cc1OC1CCCC1. The molecule has 11 nitrogen and oxygen atoms in total. The van der Waals surface area contributed by atoms with E-state index in [4.69, 9.17) is 37.9 Å². The summed E-state index contributed by atoms with van der Waals surface area (Å²) in [5.74, 6) is 0.604. The summed E-state index contributed by atoms with van der Waals surface area (Å²) < 4.78 is 11.9. The third-order valence-electron chi connectivity index (χ3n) is 7.42. The van der Waals surface area contributed by atoms with Crippen molar-refractivity contribution in [2.75, 3.05) is 30.0 Å². The smallest absolute Gasteiger partial charge is 0.277 e. The molecular formula is C28H30Cl2N6O5. The molecule has 2 aliphatic rings. The summed E-state index contributed by atoms with van der Waals surface area (Å²) in [6.07, 6.45) is 11.0. The number of carbonyl (C=O) groups excluding carboxylic acids is 2. The fraction of sp³-hybridized carbons (Fsp3) is 0.393. The summed E-state index contributed by atoms with van der Waals surface area (Å²) in [7, 11) is 1.59. The first-order chi connectivity index (χ1) is 19.9. The minimum Gasteiger partial charge on any atom is -0.493 e. The predicted molar refractivity (Wildman–Crippen MR) is 153 cm³/mol. The Bertz CT molecular complexity index is 1370. The van der Waals surface area contributed by atoms with Crippen LogP contribution in [0.15, 0.2) is 43.0 Å². The van der Waals surface area contributed by atoms with Crippen molar-refractivity contribution in [1.82, 2.24) is 20.4 Å². The van der Waals surface area contributed by atoms with Crippen molar-refractivity contribution in [3.05, 3.63) is 64.2 Å². The van der Waals surface area contributed by atoms with Crippen LogP contribution in [-0.4, -0.2) is 64.3 Å². The highest BCUT2D eigenvalue weighted by Crippen LogP contribution is 2.38. The summed E-state index contributed by atoms with van der Waals surface area (Å²) in [6.45, 7) is 1.11. The van der Waals surface area contributed by atoms with Crippen molar-refractivity contribution in [1.29, 1.82) is 0 Å². The van der Waals surface area contributed by atoms with Gasteiger partial charge < -0.3 is 19.3 Å². The molecule has 0 unspecified atom stereocenters. The molecule has 1 aromatic carbocycles. The number of hydrogen-bond acceptors (Lipinski definition) is 9. The quantitative estimate of drug-likeness (QED) is 0.272. The molecule has 0 bridgehead atoms. The number of amides is 2. The lowest BCUT2D eigenvalue weighted by molar-refractivity contribution is 0.0705. The maximum atomic E-state index is 14.1. The molecule has 2 N–H and O–H groups in total. The van der Waals surface area contributed by atoms with E-state index in [1.165, 1.54) is 24.8 Å². The van der Waals surface area contributed by atoms with Crippen LogP contribution < -0.4 is 24.8 Å². The fourth-order valence-corrected chi connectivity index (χ4v) is 5.84. The summed E-state index contributed by atoms with van der Waals surface area (Å²) in [4.78, 5) is 42.0. The van der Waals surface area contributed by atoms with Crippen molar-refractivity contribution in [2.24, 2.45) is 0 Å². The molecule has 1 aliphatic carbocycles. The lowest BCUT2D eigenvalue weighted by atomic mass is 10.0. The van der Waals surface area contributed by atoms with Gasteiger partial charge in [-0.15, -0.1) is 0 Å². The van der Waals surface area contributed by atoms with Crippen molar-refractivity contribution in [2.45, 2.75) is 50.7 Å². The van der Waals surface area contributed by atoms with E-state index in [0.29, 0.717) is 49.1 Å². The third kappa shape index (κ3) is 6.32. The molecule has 41 heavy (non-hydrogen) atoms. The molecule has 3 aromatic rings. The van der Waals surface area contributed by atoms with Gasteiger partial charge >= 0.3 is 0 Å². The number of benzene rings is 1. The molecule has 0 spiro atoms. The van der Waals surface area contributed by atoms with Gasteiger partial charge in [-0.05, 0) is 50.7 Å². The highest BCUT2D eigenvalue weighted by atomic mass is 35.5. The number of halogens is 2. The standard InChI is InChI=1S/C28H30Cl2N6O5/c1-40-23-7-6-19(12-24(23)41-20-4-2-3-5-20)36(27(38)25-21(29)15-31-16-22(25)30)18-8-10-35(11-9-18)28-32-13-17(14-33-28)26(37)34-39/h6-7,12-16,18,20,39H,2-5,8-11H2,1H3,(H,34,37). The van der Waals surface area contributed by atoms with Crippen LogP contribution in [0.2, 0.25) is 10.0 Å². The summed E-state index contributed by atoms with van der Waals surface area (Å²) in [5.41, 5.74) is 2.53. The number of piperidine rings is 1. The van der Waals surface area contributed by atoms with Crippen LogP contribution in [0.1, 0.15) is 59.2 Å². The first-order valence-electron chi connectivity index (χ1n) is 13.4. The van der Waals surface area contributed by atoms with Crippen LogP contribution in [0.3, 0.4) is 0 Å². The minimum atomic E-state index is -0.686. The monoisotopic (exact) mass is 600 g/mol. The number of rotatable bonds is 8. The van der Waals surface area contributed by atoms with Gasteiger partial charge in [0.2, 0.25) is 5.95 Å². The Balaban J connectivity index is 1.43. The number of pyridine rings is 1. The zero-order valence-corrected chi connectivity index (χ0v) is 23.9. The van der Waals surface area contributed by atoms with E-state index in [1.54, 1.807) is 17.5 Å². The Morgan fingerprint density at radius 1 is 1.00 bits per heavy atom. The number of hydrogen-bond donors (Lipinski definition) is 2. The van der Waals surface area contributed by atoms with E-state index in [1.807, 2.05) is 23.1 Å². The van der Waals surface area contributed by atoms with Crippen molar-refractivity contribution in [3.8, 4) is 11.5 Å². The van der Waals surface area contributed by atoms with E-state index in [2.05, 4.69) is 15.0 Å². The van der Waals surface area contributed by atoms with Gasteiger partial charge in [-0.3, -0.25) is 19.8 Å². The number of ether oxygens (including phenoxy) is 2. The minimum absolute atomic E-state index is 0.102. The Labute approximate surface area is 247 Å². The second-order valence-corrected chi connectivity index (χ2v) is 10.8. The number of anilines is 2. The van der Waals surface area contributed by atoms with E-state index < -0.39 is 5.91 Å². The number of hydroxylamine groups is 1. The molecule has 1 saturated heterocycles. The van der Waals surface area contributed by atoms with Crippen molar-refractivity contribution < 1.29 is 24.3 Å². The number of nitrogens with one attached hydrogen (secondary N) is 1. The van der Waals surface area contributed by atoms with Crippen LogP contribution in [0.4, 0.5) is 11.6 Å². The van der Waals surface area contributed by atoms with Gasteiger partial charge in [0.15, 0.2) is 11.5 Å². The van der Waals surface area contributed by atoms with E-state index in [9.17, 15) is 9.59 Å². The lowest BCUT2D eigenvalue weighted by Gasteiger charge is -2.39. The molecule has 3 heterocycles. The van der Waals surface area contributed by atoms with Crippen LogP contribution in [0.25, 0.3) is 0 Å². The number of methoxy groups -OCH3 is 1. The van der Waals surface area contributed by atoms with E-state index in [0.717, 1.165) is 25.7 Å². The summed E-state index contributed by atoms with van der Waals surface area (Å²) in [5, 5.41) is 9.16. The number of aromatic nitrogens is 3. The Kier molecular flexibility index (Phi) is 9.06. The Morgan fingerprint density at radius 3 is 2.27 bits per heavy atom. The Hall–Kier alpha value is -3.67. The molecule has 1 saturated carbocycles. The molecule has 13 heteroatoms. The predicted octanol–water partition coefficient (Wildman–Crippen LogP) is 4.94. The molecular weight excluding hydrogens is 571 g/mol. The maximum absolute atomic E-state index is 14.1. The summed E-state index contributed by atoms with van der Waals surface area (Å²) in [6, 6.07) is 5.29.